The number of carbonyl (C=O) groups is 1. The van der Waals surface area contributed by atoms with Crippen molar-refractivity contribution in [2.24, 2.45) is 0 Å². The Balaban J connectivity index is 2.01. The molecule has 0 atom stereocenters. The third-order valence-electron chi connectivity index (χ3n) is 2.16. The minimum atomic E-state index is -0.789. The molecule has 1 aromatic carbocycles. The molecule has 0 aliphatic carbocycles. The monoisotopic (exact) mass is 247 g/mol. The van der Waals surface area contributed by atoms with Crippen LogP contribution in [0.25, 0.3) is 6.08 Å². The van der Waals surface area contributed by atoms with Gasteiger partial charge in [-0.2, -0.15) is 0 Å². The van der Waals surface area contributed by atoms with E-state index in [0.29, 0.717) is 5.76 Å². The van der Waals surface area contributed by atoms with Crippen molar-refractivity contribution in [1.82, 2.24) is 0 Å². The van der Waals surface area contributed by atoms with Gasteiger partial charge in [0.2, 0.25) is 5.91 Å². The number of carbonyl (C=O) groups excluding carboxylic acids is 1. The highest BCUT2D eigenvalue weighted by Crippen LogP contribution is 2.19. The quantitative estimate of drug-likeness (QED) is 0.647. The maximum atomic E-state index is 13.0. The van der Waals surface area contributed by atoms with Crippen molar-refractivity contribution in [1.29, 1.82) is 0 Å². The van der Waals surface area contributed by atoms with E-state index in [1.165, 1.54) is 30.5 Å². The Kier molecular flexibility index (Phi) is 3.43. The molecule has 18 heavy (non-hydrogen) atoms. The van der Waals surface area contributed by atoms with Crippen molar-refractivity contribution in [2.45, 2.75) is 0 Å². The smallest absolute Gasteiger partial charge is 0.248 e. The molecule has 1 amide bonds. The Morgan fingerprint density at radius 2 is 2.22 bits per heavy atom. The number of phenolic OH excluding ortho intramolecular Hbond substituents is 1. The average Bonchev–Trinajstić information content (AvgIpc) is 2.84. The molecule has 0 bridgehead atoms. The first-order chi connectivity index (χ1) is 8.65. The van der Waals surface area contributed by atoms with E-state index in [0.717, 1.165) is 6.07 Å². The molecule has 5 heteroatoms. The van der Waals surface area contributed by atoms with Crippen molar-refractivity contribution in [3.63, 3.8) is 0 Å². The number of anilines is 1. The first-order valence-electron chi connectivity index (χ1n) is 5.16. The Hall–Kier alpha value is -2.56. The van der Waals surface area contributed by atoms with Gasteiger partial charge in [-0.1, -0.05) is 0 Å². The fourth-order valence-electron chi connectivity index (χ4n) is 1.31. The van der Waals surface area contributed by atoms with E-state index in [2.05, 4.69) is 5.32 Å². The lowest BCUT2D eigenvalue weighted by molar-refractivity contribution is -0.111. The number of halogens is 1. The third kappa shape index (κ3) is 2.98. The minimum absolute atomic E-state index is 0.263. The van der Waals surface area contributed by atoms with Crippen LogP contribution in [-0.2, 0) is 4.79 Å². The molecule has 0 radical (unpaired) electrons. The van der Waals surface area contributed by atoms with Gasteiger partial charge in [0.15, 0.2) is 11.6 Å². The van der Waals surface area contributed by atoms with Gasteiger partial charge in [0, 0.05) is 17.8 Å². The fourth-order valence-corrected chi connectivity index (χ4v) is 1.31. The molecule has 0 spiro atoms. The number of aromatic hydroxyl groups is 1. The lowest BCUT2D eigenvalue weighted by atomic mass is 10.3. The van der Waals surface area contributed by atoms with Crippen LogP contribution in [0.2, 0.25) is 0 Å². The van der Waals surface area contributed by atoms with E-state index in [1.54, 1.807) is 12.1 Å². The van der Waals surface area contributed by atoms with Crippen molar-refractivity contribution >= 4 is 17.7 Å². The summed E-state index contributed by atoms with van der Waals surface area (Å²) in [5.74, 6) is -1.12. The second kappa shape index (κ2) is 5.18. The van der Waals surface area contributed by atoms with Crippen molar-refractivity contribution in [3.05, 3.63) is 54.2 Å². The molecule has 0 aliphatic rings. The molecular weight excluding hydrogens is 237 g/mol. The Bertz CT molecular complexity index is 576. The van der Waals surface area contributed by atoms with Crippen LogP contribution in [0, 0.1) is 5.82 Å². The molecule has 2 aromatic rings. The maximum absolute atomic E-state index is 13.0. The molecule has 92 valence electrons. The van der Waals surface area contributed by atoms with E-state index >= 15 is 0 Å². The number of hydrogen-bond acceptors (Lipinski definition) is 3. The second-order valence-corrected chi connectivity index (χ2v) is 3.50. The zero-order valence-corrected chi connectivity index (χ0v) is 9.26. The zero-order chi connectivity index (χ0) is 13.0. The Morgan fingerprint density at radius 3 is 2.89 bits per heavy atom. The first kappa shape index (κ1) is 11.9. The van der Waals surface area contributed by atoms with E-state index < -0.39 is 17.5 Å². The third-order valence-corrected chi connectivity index (χ3v) is 2.16. The number of phenols is 1. The van der Waals surface area contributed by atoms with Crippen LogP contribution in [0.5, 0.6) is 5.75 Å². The van der Waals surface area contributed by atoms with Crippen LogP contribution in [0.15, 0.2) is 47.1 Å². The van der Waals surface area contributed by atoms with Crippen LogP contribution in [0.3, 0.4) is 0 Å². The maximum Gasteiger partial charge on any atom is 0.248 e. The molecule has 2 rings (SSSR count). The molecule has 0 saturated carbocycles. The first-order valence-corrected chi connectivity index (χ1v) is 5.16. The van der Waals surface area contributed by atoms with Gasteiger partial charge in [-0.05, 0) is 30.3 Å². The predicted octanol–water partition coefficient (Wildman–Crippen LogP) is 2.78. The molecule has 0 fully saturated rings. The van der Waals surface area contributed by atoms with Crippen molar-refractivity contribution < 1.29 is 18.7 Å². The standard InChI is InChI=1S/C13H10FNO3/c14-11-8-9(3-5-12(11)16)15-13(17)6-4-10-2-1-7-18-10/h1-8,16H,(H,15,17). The summed E-state index contributed by atoms with van der Waals surface area (Å²) >= 11 is 0. The van der Waals surface area contributed by atoms with E-state index in [-0.39, 0.29) is 5.69 Å². The van der Waals surface area contributed by atoms with Gasteiger partial charge in [-0.3, -0.25) is 4.79 Å². The topological polar surface area (TPSA) is 62.5 Å². The van der Waals surface area contributed by atoms with Gasteiger partial charge in [0.25, 0.3) is 0 Å². The predicted molar refractivity (Wildman–Crippen MR) is 64.4 cm³/mol. The van der Waals surface area contributed by atoms with Gasteiger partial charge in [-0.15, -0.1) is 0 Å². The molecule has 0 unspecified atom stereocenters. The largest absolute Gasteiger partial charge is 0.505 e. The lowest BCUT2D eigenvalue weighted by Gasteiger charge is -2.02. The summed E-state index contributed by atoms with van der Waals surface area (Å²) in [6.07, 6.45) is 4.25. The summed E-state index contributed by atoms with van der Waals surface area (Å²) in [4.78, 5) is 11.5. The summed E-state index contributed by atoms with van der Waals surface area (Å²) < 4.78 is 18.0. The molecule has 0 saturated heterocycles. The highest BCUT2D eigenvalue weighted by molar-refractivity contribution is 6.01. The van der Waals surface area contributed by atoms with E-state index in [1.807, 2.05) is 0 Å². The van der Waals surface area contributed by atoms with Gasteiger partial charge in [-0.25, -0.2) is 4.39 Å². The molecule has 0 aliphatic heterocycles. The number of amides is 1. The van der Waals surface area contributed by atoms with Gasteiger partial charge in [0.05, 0.1) is 6.26 Å². The van der Waals surface area contributed by atoms with Crippen molar-refractivity contribution in [3.8, 4) is 5.75 Å². The number of furan rings is 1. The lowest BCUT2D eigenvalue weighted by Crippen LogP contribution is -2.07. The normalized spacial score (nSPS) is 10.7. The molecule has 1 heterocycles. The van der Waals surface area contributed by atoms with Gasteiger partial charge < -0.3 is 14.8 Å². The Labute approximate surface area is 102 Å². The van der Waals surface area contributed by atoms with Crippen LogP contribution >= 0.6 is 0 Å². The number of hydrogen-bond donors (Lipinski definition) is 2. The van der Waals surface area contributed by atoms with E-state index in [4.69, 9.17) is 9.52 Å². The molecule has 1 aromatic heterocycles. The number of benzene rings is 1. The van der Waals surface area contributed by atoms with Gasteiger partial charge >= 0.3 is 0 Å². The van der Waals surface area contributed by atoms with Crippen LogP contribution < -0.4 is 5.32 Å². The summed E-state index contributed by atoms with van der Waals surface area (Å²) in [5, 5.41) is 11.4. The number of rotatable bonds is 3. The fraction of sp³-hybridized carbons (Fsp3) is 0. The molecule has 4 nitrogen and oxygen atoms in total. The highest BCUT2D eigenvalue weighted by atomic mass is 19.1. The minimum Gasteiger partial charge on any atom is -0.505 e. The Morgan fingerprint density at radius 1 is 1.39 bits per heavy atom. The summed E-state index contributed by atoms with van der Waals surface area (Å²) in [6.45, 7) is 0. The summed E-state index contributed by atoms with van der Waals surface area (Å²) in [7, 11) is 0. The van der Waals surface area contributed by atoms with Gasteiger partial charge in [0.1, 0.15) is 5.76 Å². The SMILES string of the molecule is O=C(C=Cc1ccco1)Nc1ccc(O)c(F)c1. The summed E-state index contributed by atoms with van der Waals surface area (Å²) in [5.41, 5.74) is 0.263. The summed E-state index contributed by atoms with van der Waals surface area (Å²) in [6, 6.07) is 7.00. The van der Waals surface area contributed by atoms with Crippen LogP contribution in [-0.4, -0.2) is 11.0 Å². The molecule has 2 N–H and O–H groups in total. The van der Waals surface area contributed by atoms with E-state index in [9.17, 15) is 9.18 Å². The van der Waals surface area contributed by atoms with Crippen LogP contribution in [0.1, 0.15) is 5.76 Å². The molecular formula is C13H10FNO3. The number of nitrogens with one attached hydrogen (secondary N) is 1. The average molecular weight is 247 g/mol. The highest BCUT2D eigenvalue weighted by Gasteiger charge is 2.03. The second-order valence-electron chi connectivity index (χ2n) is 3.50. The van der Waals surface area contributed by atoms with Crippen molar-refractivity contribution in [2.75, 3.05) is 5.32 Å². The van der Waals surface area contributed by atoms with Crippen LogP contribution in [0.4, 0.5) is 10.1 Å². The zero-order valence-electron chi connectivity index (χ0n) is 9.26.